The smallest absolute Gasteiger partial charge is 0.264 e. The van der Waals surface area contributed by atoms with E-state index < -0.39 is 11.2 Å². The van der Waals surface area contributed by atoms with Crippen molar-refractivity contribution in [1.82, 2.24) is 5.32 Å². The molecule has 3 rings (SSSR count). The number of carbonyl (C=O) groups is 2. The molecule has 0 aromatic heterocycles. The predicted octanol–water partition coefficient (Wildman–Crippen LogP) is 4.29. The summed E-state index contributed by atoms with van der Waals surface area (Å²) in [5.41, 5.74) is 3.92. The van der Waals surface area contributed by atoms with Crippen LogP contribution in [0.3, 0.4) is 0 Å². The van der Waals surface area contributed by atoms with Gasteiger partial charge in [-0.05, 0) is 48.6 Å². The van der Waals surface area contributed by atoms with Gasteiger partial charge < -0.3 is 5.32 Å². The van der Waals surface area contributed by atoms with Crippen molar-refractivity contribution in [3.8, 4) is 6.07 Å². The van der Waals surface area contributed by atoms with Crippen LogP contribution in [0.5, 0.6) is 0 Å². The third kappa shape index (κ3) is 4.89. The number of nitrogens with zero attached hydrogens (tertiary/aromatic N) is 2. The van der Waals surface area contributed by atoms with Crippen LogP contribution in [-0.2, 0) is 22.4 Å². The average Bonchev–Trinajstić information content (AvgIpc) is 3.10. The minimum Gasteiger partial charge on any atom is -0.348 e. The maximum absolute atomic E-state index is 13.5. The Balaban J connectivity index is 2.04. The molecule has 0 saturated carbocycles. The normalized spacial score (nSPS) is 17.3. The van der Waals surface area contributed by atoms with E-state index >= 15 is 0 Å². The van der Waals surface area contributed by atoms with Crippen molar-refractivity contribution in [2.75, 3.05) is 11.4 Å². The molecule has 158 valence electrons. The van der Waals surface area contributed by atoms with E-state index in [0.29, 0.717) is 17.1 Å². The molecule has 2 aromatic rings. The SMILES string of the molecule is C=CCNC(=O)/C(C#N)=C1\SC(Cc2ccccc2C)C(=O)N1c1ccc(CC)cc1. The molecule has 0 bridgehead atoms. The molecule has 1 fully saturated rings. The zero-order valence-electron chi connectivity index (χ0n) is 17.7. The largest absolute Gasteiger partial charge is 0.348 e. The molecule has 0 aliphatic carbocycles. The number of carbonyl (C=O) groups excluding carboxylic acids is 2. The number of anilines is 1. The van der Waals surface area contributed by atoms with Crippen LogP contribution < -0.4 is 10.2 Å². The molecule has 2 aromatic carbocycles. The molecule has 1 aliphatic rings. The Labute approximate surface area is 187 Å². The van der Waals surface area contributed by atoms with Crippen LogP contribution in [0.1, 0.15) is 23.6 Å². The number of hydrogen-bond donors (Lipinski definition) is 1. The molecule has 0 radical (unpaired) electrons. The second kappa shape index (κ2) is 10.1. The van der Waals surface area contributed by atoms with Gasteiger partial charge in [-0.25, -0.2) is 0 Å². The topological polar surface area (TPSA) is 73.2 Å². The van der Waals surface area contributed by atoms with Crippen LogP contribution in [-0.4, -0.2) is 23.6 Å². The Hall–Kier alpha value is -3.30. The first-order valence-electron chi connectivity index (χ1n) is 10.2. The Morgan fingerprint density at radius 3 is 2.58 bits per heavy atom. The summed E-state index contributed by atoms with van der Waals surface area (Å²) in [4.78, 5) is 27.6. The summed E-state index contributed by atoms with van der Waals surface area (Å²) in [6.45, 7) is 7.91. The van der Waals surface area contributed by atoms with Crippen LogP contribution in [0, 0.1) is 18.3 Å². The molecular weight excluding hydrogens is 406 g/mol. The molecule has 1 saturated heterocycles. The van der Waals surface area contributed by atoms with E-state index in [2.05, 4.69) is 18.8 Å². The fourth-order valence-electron chi connectivity index (χ4n) is 3.39. The number of nitrogens with one attached hydrogen (secondary N) is 1. The highest BCUT2D eigenvalue weighted by molar-refractivity contribution is 8.05. The molecule has 5 nitrogen and oxygen atoms in total. The summed E-state index contributed by atoms with van der Waals surface area (Å²) in [5, 5.41) is 12.4. The first-order valence-corrected chi connectivity index (χ1v) is 11.1. The molecule has 1 heterocycles. The van der Waals surface area contributed by atoms with Crippen molar-refractivity contribution in [2.24, 2.45) is 0 Å². The maximum atomic E-state index is 13.5. The second-order valence-electron chi connectivity index (χ2n) is 7.22. The highest BCUT2D eigenvalue weighted by Crippen LogP contribution is 2.42. The van der Waals surface area contributed by atoms with Crippen LogP contribution in [0.25, 0.3) is 0 Å². The van der Waals surface area contributed by atoms with E-state index in [1.165, 1.54) is 16.7 Å². The van der Waals surface area contributed by atoms with Crippen molar-refractivity contribution < 1.29 is 9.59 Å². The first kappa shape index (κ1) is 22.4. The van der Waals surface area contributed by atoms with Gasteiger partial charge in [0.05, 0.1) is 5.25 Å². The van der Waals surface area contributed by atoms with Crippen LogP contribution in [0.15, 0.2) is 71.8 Å². The van der Waals surface area contributed by atoms with Gasteiger partial charge in [0.15, 0.2) is 0 Å². The van der Waals surface area contributed by atoms with Gasteiger partial charge in [0.25, 0.3) is 5.91 Å². The molecule has 1 unspecified atom stereocenters. The lowest BCUT2D eigenvalue weighted by molar-refractivity contribution is -0.117. The van der Waals surface area contributed by atoms with E-state index in [4.69, 9.17) is 0 Å². The van der Waals surface area contributed by atoms with Gasteiger partial charge in [-0.2, -0.15) is 5.26 Å². The standard InChI is InChI=1S/C25H25N3O2S/c1-4-14-27-23(29)21(16-26)25-28(20-12-10-18(5-2)11-13-20)24(30)22(31-25)15-19-9-7-6-8-17(19)3/h4,6-13,22H,1,5,14-15H2,2-3H3,(H,27,29)/b25-21-. The minimum absolute atomic E-state index is 0.0629. The summed E-state index contributed by atoms with van der Waals surface area (Å²) in [7, 11) is 0. The van der Waals surface area contributed by atoms with Crippen molar-refractivity contribution in [1.29, 1.82) is 5.26 Å². The zero-order chi connectivity index (χ0) is 22.4. The monoisotopic (exact) mass is 431 g/mol. The molecule has 0 spiro atoms. The molecule has 2 amide bonds. The van der Waals surface area contributed by atoms with E-state index in [-0.39, 0.29) is 18.0 Å². The van der Waals surface area contributed by atoms with E-state index in [1.54, 1.807) is 6.08 Å². The van der Waals surface area contributed by atoms with Gasteiger partial charge in [-0.15, -0.1) is 6.58 Å². The number of hydrogen-bond acceptors (Lipinski definition) is 4. The molecule has 31 heavy (non-hydrogen) atoms. The van der Waals surface area contributed by atoms with Gasteiger partial charge in [-0.3, -0.25) is 14.5 Å². The highest BCUT2D eigenvalue weighted by atomic mass is 32.2. The quantitative estimate of drug-likeness (QED) is 0.403. The summed E-state index contributed by atoms with van der Waals surface area (Å²) in [6.07, 6.45) is 2.96. The molecular formula is C25H25N3O2S. The molecule has 1 atom stereocenters. The number of benzene rings is 2. The number of thioether (sulfide) groups is 1. The van der Waals surface area contributed by atoms with Crippen molar-refractivity contribution in [3.05, 3.63) is 88.5 Å². The number of rotatable bonds is 7. The number of nitriles is 1. The first-order chi connectivity index (χ1) is 15.0. The summed E-state index contributed by atoms with van der Waals surface area (Å²) < 4.78 is 0. The molecule has 1 N–H and O–H groups in total. The van der Waals surface area contributed by atoms with E-state index in [1.807, 2.05) is 61.5 Å². The number of amides is 2. The Bertz CT molecular complexity index is 1070. The van der Waals surface area contributed by atoms with Gasteiger partial charge in [0.2, 0.25) is 5.91 Å². The van der Waals surface area contributed by atoms with Crippen LogP contribution in [0.4, 0.5) is 5.69 Å². The minimum atomic E-state index is -0.510. The fourth-order valence-corrected chi connectivity index (χ4v) is 4.69. The predicted molar refractivity (Wildman–Crippen MR) is 125 cm³/mol. The number of aryl methyl sites for hydroxylation is 2. The second-order valence-corrected chi connectivity index (χ2v) is 8.41. The van der Waals surface area contributed by atoms with Gasteiger partial charge in [-0.1, -0.05) is 61.2 Å². The summed E-state index contributed by atoms with van der Waals surface area (Å²) >= 11 is 1.28. The third-order valence-electron chi connectivity index (χ3n) is 5.18. The Morgan fingerprint density at radius 2 is 1.97 bits per heavy atom. The lowest BCUT2D eigenvalue weighted by atomic mass is 10.0. The fraction of sp³-hybridized carbons (Fsp3) is 0.240. The van der Waals surface area contributed by atoms with E-state index in [0.717, 1.165) is 23.1 Å². The summed E-state index contributed by atoms with van der Waals surface area (Å²) in [6, 6.07) is 17.6. The van der Waals surface area contributed by atoms with E-state index in [9.17, 15) is 14.9 Å². The molecule has 6 heteroatoms. The van der Waals surface area contributed by atoms with Crippen LogP contribution in [0.2, 0.25) is 0 Å². The van der Waals surface area contributed by atoms with Crippen molar-refractivity contribution in [3.63, 3.8) is 0 Å². The van der Waals surface area contributed by atoms with Gasteiger partial charge in [0, 0.05) is 12.2 Å². The zero-order valence-corrected chi connectivity index (χ0v) is 18.5. The van der Waals surface area contributed by atoms with Gasteiger partial charge in [0.1, 0.15) is 16.7 Å². The summed E-state index contributed by atoms with van der Waals surface area (Å²) in [5.74, 6) is -0.638. The molecule has 1 aliphatic heterocycles. The maximum Gasteiger partial charge on any atom is 0.264 e. The lowest BCUT2D eigenvalue weighted by Crippen LogP contribution is -2.32. The van der Waals surface area contributed by atoms with Gasteiger partial charge >= 0.3 is 0 Å². The van der Waals surface area contributed by atoms with Crippen molar-refractivity contribution in [2.45, 2.75) is 31.9 Å². The Morgan fingerprint density at radius 1 is 1.26 bits per heavy atom. The average molecular weight is 432 g/mol. The Kier molecular flexibility index (Phi) is 7.32. The lowest BCUT2D eigenvalue weighted by Gasteiger charge is -2.19. The van der Waals surface area contributed by atoms with Crippen LogP contribution >= 0.6 is 11.8 Å². The van der Waals surface area contributed by atoms with Crippen molar-refractivity contribution >= 4 is 29.3 Å². The highest BCUT2D eigenvalue weighted by Gasteiger charge is 2.40. The third-order valence-corrected chi connectivity index (χ3v) is 6.44.